The molecule has 12 heavy (non-hydrogen) atoms. The first kappa shape index (κ1) is 11.7. The van der Waals surface area contributed by atoms with Crippen LogP contribution in [0.4, 0.5) is 13.2 Å². The van der Waals surface area contributed by atoms with Crippen LogP contribution in [0.5, 0.6) is 0 Å². The molecule has 1 N–H and O–H groups in total. The third kappa shape index (κ3) is 9.71. The Bertz CT molecular complexity index is 114. The Morgan fingerprint density at radius 1 is 1.33 bits per heavy atom. The van der Waals surface area contributed by atoms with Crippen molar-refractivity contribution in [1.29, 1.82) is 0 Å². The van der Waals surface area contributed by atoms with Crippen molar-refractivity contribution in [3.05, 3.63) is 0 Å². The third-order valence-electron chi connectivity index (χ3n) is 1.14. The Labute approximate surface area is 70.1 Å². The summed E-state index contributed by atoms with van der Waals surface area (Å²) in [4.78, 5) is 0. The minimum Gasteiger partial charge on any atom is -0.314 e. The minimum absolute atomic E-state index is 0.275. The average molecular weight is 185 g/mol. The van der Waals surface area contributed by atoms with Gasteiger partial charge in [0.15, 0.2) is 0 Å². The average Bonchev–Trinajstić information content (AvgIpc) is 1.83. The van der Waals surface area contributed by atoms with Gasteiger partial charge in [-0.3, -0.25) is 4.74 Å². The molecule has 0 heterocycles. The number of nitrogens with one attached hydrogen (secondary N) is 1. The van der Waals surface area contributed by atoms with Crippen molar-refractivity contribution in [3.63, 3.8) is 0 Å². The van der Waals surface area contributed by atoms with Crippen molar-refractivity contribution in [3.8, 4) is 0 Å². The van der Waals surface area contributed by atoms with Crippen LogP contribution in [0.25, 0.3) is 0 Å². The normalized spacial score (nSPS) is 12.5. The molecule has 74 valence electrons. The zero-order valence-electron chi connectivity index (χ0n) is 7.24. The summed E-state index contributed by atoms with van der Waals surface area (Å²) < 4.78 is 37.8. The number of rotatable bonds is 5. The molecule has 0 amide bonds. The van der Waals surface area contributed by atoms with Gasteiger partial charge in [0, 0.05) is 6.04 Å². The highest BCUT2D eigenvalue weighted by Gasteiger charge is 2.28. The number of ether oxygens (including phenoxy) is 1. The van der Waals surface area contributed by atoms with E-state index in [0.29, 0.717) is 19.0 Å². The van der Waals surface area contributed by atoms with E-state index in [4.69, 9.17) is 0 Å². The van der Waals surface area contributed by atoms with Gasteiger partial charge >= 0.3 is 6.36 Å². The smallest absolute Gasteiger partial charge is 0.314 e. The van der Waals surface area contributed by atoms with Gasteiger partial charge in [-0.1, -0.05) is 13.8 Å². The lowest BCUT2D eigenvalue weighted by Crippen LogP contribution is -2.25. The maximum Gasteiger partial charge on any atom is 0.522 e. The Hall–Kier alpha value is -0.290. The molecule has 2 nitrogen and oxygen atoms in total. The van der Waals surface area contributed by atoms with Crippen molar-refractivity contribution < 1.29 is 17.9 Å². The van der Waals surface area contributed by atoms with Crippen LogP contribution in [0.1, 0.15) is 20.3 Å². The van der Waals surface area contributed by atoms with Crippen LogP contribution in [0.3, 0.4) is 0 Å². The van der Waals surface area contributed by atoms with Crippen LogP contribution >= 0.6 is 0 Å². The van der Waals surface area contributed by atoms with Crippen molar-refractivity contribution in [2.24, 2.45) is 0 Å². The van der Waals surface area contributed by atoms with E-state index in [9.17, 15) is 13.2 Å². The summed E-state index contributed by atoms with van der Waals surface area (Å²) in [7, 11) is 0. The first-order chi connectivity index (χ1) is 5.42. The van der Waals surface area contributed by atoms with Crippen molar-refractivity contribution in [2.75, 3.05) is 13.2 Å². The van der Waals surface area contributed by atoms with E-state index in [-0.39, 0.29) is 6.61 Å². The fourth-order valence-electron chi connectivity index (χ4n) is 0.651. The fraction of sp³-hybridized carbons (Fsp3) is 1.00. The number of alkyl halides is 3. The van der Waals surface area contributed by atoms with Crippen LogP contribution in [-0.4, -0.2) is 25.6 Å². The number of hydrogen-bond acceptors (Lipinski definition) is 2. The molecule has 0 radical (unpaired) electrons. The highest BCUT2D eigenvalue weighted by Crippen LogP contribution is 2.15. The van der Waals surface area contributed by atoms with Gasteiger partial charge in [-0.15, -0.1) is 13.2 Å². The van der Waals surface area contributed by atoms with E-state index < -0.39 is 6.36 Å². The fourth-order valence-corrected chi connectivity index (χ4v) is 0.651. The summed E-state index contributed by atoms with van der Waals surface area (Å²) in [6, 6.07) is 0.302. The number of halogens is 3. The molecule has 0 saturated carbocycles. The van der Waals surface area contributed by atoms with Gasteiger partial charge in [0.1, 0.15) is 0 Å². The van der Waals surface area contributed by atoms with E-state index in [0.717, 1.165) is 0 Å². The van der Waals surface area contributed by atoms with Crippen molar-refractivity contribution in [1.82, 2.24) is 5.32 Å². The summed E-state index contributed by atoms with van der Waals surface area (Å²) in [5.74, 6) is 0. The number of hydrogen-bond donors (Lipinski definition) is 1. The van der Waals surface area contributed by atoms with Gasteiger partial charge in [0.05, 0.1) is 6.61 Å². The molecule has 0 aliphatic heterocycles. The summed E-state index contributed by atoms with van der Waals surface area (Å²) in [5.41, 5.74) is 0. The largest absolute Gasteiger partial charge is 0.522 e. The standard InChI is InChI=1S/C7H14F3NO/c1-6(2)11-4-3-5-12-7(8,9)10/h6,11H,3-5H2,1-2H3. The van der Waals surface area contributed by atoms with E-state index in [1.54, 1.807) is 0 Å². The lowest BCUT2D eigenvalue weighted by Gasteiger charge is -2.09. The lowest BCUT2D eigenvalue weighted by molar-refractivity contribution is -0.324. The molecule has 0 saturated heterocycles. The molecule has 0 aromatic rings. The molecule has 0 aliphatic carbocycles. The molecular weight excluding hydrogens is 171 g/mol. The van der Waals surface area contributed by atoms with Crippen LogP contribution in [-0.2, 0) is 4.74 Å². The first-order valence-electron chi connectivity index (χ1n) is 3.86. The van der Waals surface area contributed by atoms with Gasteiger partial charge in [0.25, 0.3) is 0 Å². The molecule has 0 spiro atoms. The second-order valence-corrected chi connectivity index (χ2v) is 2.76. The predicted molar refractivity (Wildman–Crippen MR) is 39.8 cm³/mol. The Morgan fingerprint density at radius 2 is 1.92 bits per heavy atom. The SMILES string of the molecule is CC(C)NCCCOC(F)(F)F. The summed E-state index contributed by atoms with van der Waals surface area (Å²) in [5, 5.41) is 2.98. The zero-order chi connectivity index (χ0) is 9.61. The maximum absolute atomic E-state index is 11.4. The second-order valence-electron chi connectivity index (χ2n) is 2.76. The molecular formula is C7H14F3NO. The molecule has 0 atom stereocenters. The summed E-state index contributed by atoms with van der Waals surface area (Å²) in [6.45, 7) is 4.15. The molecule has 0 unspecified atom stereocenters. The molecule has 0 aromatic heterocycles. The topological polar surface area (TPSA) is 21.3 Å². The zero-order valence-corrected chi connectivity index (χ0v) is 7.24. The van der Waals surface area contributed by atoms with Gasteiger partial charge in [-0.25, -0.2) is 0 Å². The second kappa shape index (κ2) is 5.37. The Morgan fingerprint density at radius 3 is 2.33 bits per heavy atom. The van der Waals surface area contributed by atoms with E-state index in [1.807, 2.05) is 13.8 Å². The highest BCUT2D eigenvalue weighted by atomic mass is 19.4. The molecule has 0 rings (SSSR count). The van der Waals surface area contributed by atoms with Gasteiger partial charge < -0.3 is 5.32 Å². The van der Waals surface area contributed by atoms with Crippen LogP contribution in [0.2, 0.25) is 0 Å². The highest BCUT2D eigenvalue weighted by molar-refractivity contribution is 4.51. The minimum atomic E-state index is -4.49. The third-order valence-corrected chi connectivity index (χ3v) is 1.14. The Kier molecular flexibility index (Phi) is 5.24. The van der Waals surface area contributed by atoms with E-state index in [1.165, 1.54) is 0 Å². The van der Waals surface area contributed by atoms with Crippen LogP contribution in [0.15, 0.2) is 0 Å². The van der Waals surface area contributed by atoms with Crippen LogP contribution < -0.4 is 5.32 Å². The maximum atomic E-state index is 11.4. The monoisotopic (exact) mass is 185 g/mol. The molecule has 0 fully saturated rings. The van der Waals surface area contributed by atoms with Gasteiger partial charge in [0.2, 0.25) is 0 Å². The first-order valence-corrected chi connectivity index (χ1v) is 3.86. The molecule has 0 bridgehead atoms. The Balaban J connectivity index is 3.12. The summed E-state index contributed by atoms with van der Waals surface area (Å²) >= 11 is 0. The molecule has 0 aromatic carbocycles. The van der Waals surface area contributed by atoms with E-state index >= 15 is 0 Å². The quantitative estimate of drug-likeness (QED) is 0.660. The molecule has 5 heteroatoms. The van der Waals surface area contributed by atoms with Crippen molar-refractivity contribution >= 4 is 0 Å². The lowest BCUT2D eigenvalue weighted by atomic mass is 10.3. The van der Waals surface area contributed by atoms with Gasteiger partial charge in [-0.05, 0) is 13.0 Å². The predicted octanol–water partition coefficient (Wildman–Crippen LogP) is 1.91. The van der Waals surface area contributed by atoms with E-state index in [2.05, 4.69) is 10.1 Å². The van der Waals surface area contributed by atoms with Gasteiger partial charge in [-0.2, -0.15) is 0 Å². The van der Waals surface area contributed by atoms with Crippen molar-refractivity contribution in [2.45, 2.75) is 32.7 Å². The summed E-state index contributed by atoms with van der Waals surface area (Å²) in [6.07, 6.45) is -4.12. The molecule has 0 aliphatic rings. The van der Waals surface area contributed by atoms with Crippen LogP contribution in [0, 0.1) is 0 Å².